The summed E-state index contributed by atoms with van der Waals surface area (Å²) in [5.74, 6) is -0.392. The minimum atomic E-state index is -1.70. The number of carbonyl (C=O) groups excluding carboxylic acids is 1. The van der Waals surface area contributed by atoms with Crippen LogP contribution in [0.15, 0.2) is 0 Å². The summed E-state index contributed by atoms with van der Waals surface area (Å²) in [5.41, 5.74) is 0. The average Bonchev–Trinajstić information content (AvgIpc) is 3.15. The molecule has 0 amide bonds. The van der Waals surface area contributed by atoms with Crippen molar-refractivity contribution in [2.45, 2.75) is 210 Å². The van der Waals surface area contributed by atoms with Gasteiger partial charge in [0.25, 0.3) is 0 Å². The van der Waals surface area contributed by atoms with Gasteiger partial charge in [-0.2, -0.15) is 0 Å². The van der Waals surface area contributed by atoms with Crippen LogP contribution in [0.2, 0.25) is 0 Å². The largest absolute Gasteiger partial charge is 0.457 e. The Morgan fingerprint density at radius 1 is 0.547 bits per heavy atom. The molecule has 0 aromatic rings. The van der Waals surface area contributed by atoms with Crippen LogP contribution in [0.5, 0.6) is 0 Å². The minimum absolute atomic E-state index is 0.0664. The van der Waals surface area contributed by atoms with E-state index < -0.39 is 86.7 Å². The van der Waals surface area contributed by atoms with Gasteiger partial charge in [0, 0.05) is 13.0 Å². The predicted molar refractivity (Wildman–Crippen MR) is 197 cm³/mol. The van der Waals surface area contributed by atoms with Gasteiger partial charge in [0.05, 0.1) is 26.4 Å². The molecule has 0 aromatic carbocycles. The summed E-state index contributed by atoms with van der Waals surface area (Å²) in [6, 6.07) is 0. The van der Waals surface area contributed by atoms with E-state index in [2.05, 4.69) is 13.8 Å². The van der Waals surface area contributed by atoms with E-state index in [0.29, 0.717) is 13.0 Å². The zero-order valence-corrected chi connectivity index (χ0v) is 32.5. The molecule has 2 aliphatic rings. The van der Waals surface area contributed by atoms with Crippen molar-refractivity contribution < 1.29 is 69.0 Å². The average molecular weight is 767 g/mol. The highest BCUT2D eigenvalue weighted by Crippen LogP contribution is 2.26. The third kappa shape index (κ3) is 19.1. The van der Waals surface area contributed by atoms with E-state index in [9.17, 15) is 40.5 Å². The molecule has 2 heterocycles. The van der Waals surface area contributed by atoms with Crippen LogP contribution < -0.4 is 0 Å². The van der Waals surface area contributed by atoms with E-state index in [4.69, 9.17) is 28.4 Å². The van der Waals surface area contributed by atoms with Crippen molar-refractivity contribution in [3.05, 3.63) is 0 Å². The Kier molecular flexibility index (Phi) is 26.6. The lowest BCUT2D eigenvalue weighted by atomic mass is 9.98. The van der Waals surface area contributed by atoms with Gasteiger partial charge in [-0.1, -0.05) is 123 Å². The Labute approximate surface area is 317 Å². The minimum Gasteiger partial charge on any atom is -0.457 e. The first-order chi connectivity index (χ1) is 25.6. The first-order valence-electron chi connectivity index (χ1n) is 20.6. The number of aliphatic hydroxyl groups excluding tert-OH is 7. The number of unbranched alkanes of at least 4 members (excludes halogenated alkanes) is 17. The second kappa shape index (κ2) is 29.3. The van der Waals surface area contributed by atoms with Crippen molar-refractivity contribution in [2.24, 2.45) is 0 Å². The molecular weight excluding hydrogens is 692 g/mol. The maximum Gasteiger partial charge on any atom is 0.306 e. The fraction of sp³-hybridized carbons (Fsp3) is 0.974. The number of hydrogen-bond acceptors (Lipinski definition) is 14. The van der Waals surface area contributed by atoms with Crippen molar-refractivity contribution in [1.29, 1.82) is 0 Å². The molecule has 314 valence electrons. The monoisotopic (exact) mass is 767 g/mol. The maximum atomic E-state index is 12.6. The zero-order chi connectivity index (χ0) is 38.8. The highest BCUT2D eigenvalue weighted by Gasteiger charge is 2.47. The van der Waals surface area contributed by atoms with Gasteiger partial charge >= 0.3 is 5.97 Å². The van der Waals surface area contributed by atoms with E-state index in [0.717, 1.165) is 38.5 Å². The summed E-state index contributed by atoms with van der Waals surface area (Å²) >= 11 is 0. The molecule has 0 bridgehead atoms. The molecule has 0 aromatic heterocycles. The fourth-order valence-electron chi connectivity index (χ4n) is 6.64. The van der Waals surface area contributed by atoms with E-state index in [-0.39, 0.29) is 19.6 Å². The lowest BCUT2D eigenvalue weighted by molar-refractivity contribution is -0.332. The van der Waals surface area contributed by atoms with Gasteiger partial charge in [0.2, 0.25) is 0 Å². The Morgan fingerprint density at radius 2 is 1.00 bits per heavy atom. The van der Waals surface area contributed by atoms with Gasteiger partial charge < -0.3 is 64.2 Å². The topological polar surface area (TPSA) is 214 Å². The van der Waals surface area contributed by atoms with Crippen molar-refractivity contribution in [3.63, 3.8) is 0 Å². The number of esters is 1. The Bertz CT molecular complexity index is 896. The van der Waals surface area contributed by atoms with Crippen LogP contribution in [-0.4, -0.2) is 142 Å². The second-order valence-corrected chi connectivity index (χ2v) is 14.8. The first-order valence-corrected chi connectivity index (χ1v) is 20.6. The van der Waals surface area contributed by atoms with Crippen LogP contribution in [0.1, 0.15) is 142 Å². The van der Waals surface area contributed by atoms with Crippen LogP contribution in [0.25, 0.3) is 0 Å². The van der Waals surface area contributed by atoms with Gasteiger partial charge in [0.1, 0.15) is 54.9 Å². The molecular formula is C39H74O14. The maximum absolute atomic E-state index is 12.6. The fourth-order valence-corrected chi connectivity index (χ4v) is 6.64. The first kappa shape index (κ1) is 48.1. The third-order valence-electron chi connectivity index (χ3n) is 10.1. The van der Waals surface area contributed by atoms with Gasteiger partial charge in [-0.05, 0) is 12.8 Å². The molecule has 2 fully saturated rings. The van der Waals surface area contributed by atoms with Crippen LogP contribution in [0.3, 0.4) is 0 Å². The molecule has 0 radical (unpaired) electrons. The van der Waals surface area contributed by atoms with Crippen molar-refractivity contribution in [2.75, 3.05) is 33.0 Å². The summed E-state index contributed by atoms with van der Waals surface area (Å²) in [4.78, 5) is 12.6. The molecule has 2 aliphatic heterocycles. The number of ether oxygens (including phenoxy) is 6. The van der Waals surface area contributed by atoms with Gasteiger partial charge in [-0.15, -0.1) is 0 Å². The highest BCUT2D eigenvalue weighted by molar-refractivity contribution is 5.69. The van der Waals surface area contributed by atoms with Crippen molar-refractivity contribution in [3.8, 4) is 0 Å². The summed E-state index contributed by atoms with van der Waals surface area (Å²) in [6.45, 7) is 3.55. The van der Waals surface area contributed by atoms with Crippen molar-refractivity contribution >= 4 is 5.97 Å². The van der Waals surface area contributed by atoms with Crippen molar-refractivity contribution in [1.82, 2.24) is 0 Å². The van der Waals surface area contributed by atoms with E-state index in [1.165, 1.54) is 77.0 Å². The molecule has 14 heteroatoms. The summed E-state index contributed by atoms with van der Waals surface area (Å²) in [5, 5.41) is 71.4. The molecule has 11 atom stereocenters. The van der Waals surface area contributed by atoms with Crippen LogP contribution >= 0.6 is 0 Å². The zero-order valence-electron chi connectivity index (χ0n) is 32.5. The van der Waals surface area contributed by atoms with E-state index >= 15 is 0 Å². The van der Waals surface area contributed by atoms with Crippen LogP contribution in [-0.2, 0) is 33.2 Å². The molecule has 7 N–H and O–H groups in total. The van der Waals surface area contributed by atoms with Crippen LogP contribution in [0, 0.1) is 0 Å². The molecule has 0 aliphatic carbocycles. The lowest BCUT2D eigenvalue weighted by Crippen LogP contribution is -2.61. The highest BCUT2D eigenvalue weighted by atomic mass is 16.7. The SMILES string of the molecule is CCCCCCCCCCCCCCCCCOCC(COC1OC(COC2OC(CO)C(O)C(O)C2O)C(O)C(O)C1O)OC(=O)CCCCCC. The molecule has 0 saturated carbocycles. The molecule has 53 heavy (non-hydrogen) atoms. The predicted octanol–water partition coefficient (Wildman–Crippen LogP) is 3.40. The van der Waals surface area contributed by atoms with Crippen LogP contribution in [0.4, 0.5) is 0 Å². The third-order valence-corrected chi connectivity index (χ3v) is 10.1. The molecule has 2 saturated heterocycles. The quantitative estimate of drug-likeness (QED) is 0.0398. The number of carbonyl (C=O) groups is 1. The number of rotatable bonds is 31. The Morgan fingerprint density at radius 3 is 1.53 bits per heavy atom. The number of aliphatic hydroxyl groups is 7. The molecule has 0 spiro atoms. The van der Waals surface area contributed by atoms with E-state index in [1.54, 1.807) is 0 Å². The van der Waals surface area contributed by atoms with Gasteiger partial charge in [-0.25, -0.2) is 0 Å². The lowest BCUT2D eigenvalue weighted by Gasteiger charge is -2.42. The summed E-state index contributed by atoms with van der Waals surface area (Å²) in [7, 11) is 0. The molecule has 14 nitrogen and oxygen atoms in total. The molecule has 11 unspecified atom stereocenters. The standard InChI is InChI=1S/C39H74O14/c1-3-5-7-9-10-11-12-13-14-15-16-17-18-19-21-23-48-25-28(51-31(41)22-20-8-6-4-2)26-49-38-37(47)35(45)33(43)30(53-38)27-50-39-36(46)34(44)32(42)29(24-40)52-39/h28-30,32-40,42-47H,3-27H2,1-2H3. The summed E-state index contributed by atoms with van der Waals surface area (Å²) < 4.78 is 33.8. The second-order valence-electron chi connectivity index (χ2n) is 14.8. The van der Waals surface area contributed by atoms with E-state index in [1.807, 2.05) is 0 Å². The Balaban J connectivity index is 1.76. The summed E-state index contributed by atoms with van der Waals surface area (Å²) in [6.07, 6.45) is 6.80. The normalized spacial score (nSPS) is 29.7. The Hall–Kier alpha value is -1.01. The smallest absolute Gasteiger partial charge is 0.306 e. The number of hydrogen-bond donors (Lipinski definition) is 7. The molecule has 2 rings (SSSR count). The van der Waals surface area contributed by atoms with Gasteiger partial charge in [0.15, 0.2) is 12.6 Å². The van der Waals surface area contributed by atoms with Gasteiger partial charge in [-0.3, -0.25) is 4.79 Å².